The summed E-state index contributed by atoms with van der Waals surface area (Å²) >= 11 is 0. The van der Waals surface area contributed by atoms with Gasteiger partial charge in [0, 0.05) is 25.5 Å². The number of carbonyl (C=O) groups is 1. The second-order valence-corrected chi connectivity index (χ2v) is 5.00. The first-order valence-electron chi connectivity index (χ1n) is 7.01. The first-order chi connectivity index (χ1) is 9.84. The summed E-state index contributed by atoms with van der Waals surface area (Å²) in [5, 5.41) is 0. The van der Waals surface area contributed by atoms with Crippen LogP contribution in [0.15, 0.2) is 42.7 Å². The number of carbonyl (C=O) groups excluding carboxylic acids is 1. The average Bonchev–Trinajstić information content (AvgIpc) is 2.56. The summed E-state index contributed by atoms with van der Waals surface area (Å²) in [6, 6.07) is 9.41. The third-order valence-corrected chi connectivity index (χ3v) is 3.58. The van der Waals surface area contributed by atoms with Gasteiger partial charge in [0.1, 0.15) is 0 Å². The van der Waals surface area contributed by atoms with E-state index in [1.54, 1.807) is 12.4 Å². The molecule has 4 heteroatoms. The zero-order valence-corrected chi connectivity index (χ0v) is 11.3. The minimum Gasteiger partial charge on any atom is -0.339 e. The minimum atomic E-state index is 0.0878. The molecule has 3 rings (SSSR count). The van der Waals surface area contributed by atoms with Gasteiger partial charge in [-0.15, -0.1) is 0 Å². The van der Waals surface area contributed by atoms with E-state index in [0.29, 0.717) is 5.56 Å². The van der Waals surface area contributed by atoms with Crippen molar-refractivity contribution in [2.24, 2.45) is 0 Å². The third kappa shape index (κ3) is 2.69. The standard InChI is InChI=1S/C16H17N3O/c20-16(19-10-4-1-5-11-19)13-7-8-15(18-12-13)14-6-2-3-9-17-14/h2-3,6-9,12H,1,4-5,10-11H2. The highest BCUT2D eigenvalue weighted by atomic mass is 16.2. The number of aromatic nitrogens is 2. The SMILES string of the molecule is O=C(c1ccc(-c2ccccn2)nc1)N1CCCCC1. The van der Waals surface area contributed by atoms with Gasteiger partial charge in [-0.2, -0.15) is 0 Å². The summed E-state index contributed by atoms with van der Waals surface area (Å²) < 4.78 is 0. The van der Waals surface area contributed by atoms with Crippen LogP contribution in [0.5, 0.6) is 0 Å². The van der Waals surface area contributed by atoms with Crippen molar-refractivity contribution >= 4 is 5.91 Å². The summed E-state index contributed by atoms with van der Waals surface area (Å²) in [5.41, 5.74) is 2.27. The quantitative estimate of drug-likeness (QED) is 0.840. The van der Waals surface area contributed by atoms with E-state index in [1.807, 2.05) is 35.2 Å². The molecule has 0 N–H and O–H groups in total. The molecule has 20 heavy (non-hydrogen) atoms. The maximum atomic E-state index is 12.3. The molecule has 3 heterocycles. The molecule has 1 fully saturated rings. The van der Waals surface area contributed by atoms with Crippen LogP contribution in [-0.2, 0) is 0 Å². The number of amides is 1. The lowest BCUT2D eigenvalue weighted by Gasteiger charge is -2.26. The zero-order valence-electron chi connectivity index (χ0n) is 11.3. The normalized spacial score (nSPS) is 15.1. The van der Waals surface area contributed by atoms with Crippen molar-refractivity contribution in [2.45, 2.75) is 19.3 Å². The molecule has 0 bridgehead atoms. The van der Waals surface area contributed by atoms with E-state index in [-0.39, 0.29) is 5.91 Å². The Morgan fingerprint density at radius 3 is 2.40 bits per heavy atom. The van der Waals surface area contributed by atoms with Crippen LogP contribution in [-0.4, -0.2) is 33.9 Å². The Kier molecular flexibility index (Phi) is 3.72. The van der Waals surface area contributed by atoms with E-state index in [0.717, 1.165) is 37.3 Å². The number of hydrogen-bond acceptors (Lipinski definition) is 3. The largest absolute Gasteiger partial charge is 0.339 e. The molecule has 102 valence electrons. The molecule has 0 saturated carbocycles. The van der Waals surface area contributed by atoms with Crippen molar-refractivity contribution in [3.8, 4) is 11.4 Å². The zero-order chi connectivity index (χ0) is 13.8. The fraction of sp³-hybridized carbons (Fsp3) is 0.312. The van der Waals surface area contributed by atoms with Gasteiger partial charge >= 0.3 is 0 Å². The fourth-order valence-corrected chi connectivity index (χ4v) is 2.47. The summed E-state index contributed by atoms with van der Waals surface area (Å²) in [7, 11) is 0. The molecule has 0 atom stereocenters. The monoisotopic (exact) mass is 267 g/mol. The predicted octanol–water partition coefficient (Wildman–Crippen LogP) is 2.77. The summed E-state index contributed by atoms with van der Waals surface area (Å²) in [6.07, 6.45) is 6.82. The maximum Gasteiger partial charge on any atom is 0.255 e. The first-order valence-corrected chi connectivity index (χ1v) is 7.01. The number of nitrogens with zero attached hydrogens (tertiary/aromatic N) is 3. The van der Waals surface area contributed by atoms with Crippen molar-refractivity contribution in [1.29, 1.82) is 0 Å². The second kappa shape index (κ2) is 5.82. The average molecular weight is 267 g/mol. The van der Waals surface area contributed by atoms with E-state index in [2.05, 4.69) is 9.97 Å². The van der Waals surface area contributed by atoms with E-state index in [1.165, 1.54) is 6.42 Å². The van der Waals surface area contributed by atoms with Gasteiger partial charge in [0.15, 0.2) is 0 Å². The molecule has 0 radical (unpaired) electrons. The Balaban J connectivity index is 1.77. The summed E-state index contributed by atoms with van der Waals surface area (Å²) in [5.74, 6) is 0.0878. The van der Waals surface area contributed by atoms with Gasteiger partial charge in [0.2, 0.25) is 0 Å². The van der Waals surface area contributed by atoms with Crippen LogP contribution in [0.2, 0.25) is 0 Å². The summed E-state index contributed by atoms with van der Waals surface area (Å²) in [6.45, 7) is 1.72. The molecule has 1 amide bonds. The molecule has 2 aromatic heterocycles. The lowest BCUT2D eigenvalue weighted by Crippen LogP contribution is -2.35. The maximum absolute atomic E-state index is 12.3. The Hall–Kier alpha value is -2.23. The fourth-order valence-electron chi connectivity index (χ4n) is 2.47. The molecule has 0 aromatic carbocycles. The van der Waals surface area contributed by atoms with Gasteiger partial charge in [0.25, 0.3) is 5.91 Å². The van der Waals surface area contributed by atoms with Gasteiger partial charge in [0.05, 0.1) is 17.0 Å². The van der Waals surface area contributed by atoms with Crippen LogP contribution in [0, 0.1) is 0 Å². The molecular formula is C16H17N3O. The molecular weight excluding hydrogens is 250 g/mol. The number of piperidine rings is 1. The highest BCUT2D eigenvalue weighted by molar-refractivity contribution is 5.94. The van der Waals surface area contributed by atoms with E-state index in [4.69, 9.17) is 0 Å². The molecule has 4 nitrogen and oxygen atoms in total. The lowest BCUT2D eigenvalue weighted by molar-refractivity contribution is 0.0724. The van der Waals surface area contributed by atoms with E-state index in [9.17, 15) is 4.79 Å². The predicted molar refractivity (Wildman–Crippen MR) is 77.2 cm³/mol. The van der Waals surface area contributed by atoms with Crippen LogP contribution < -0.4 is 0 Å². The molecule has 0 spiro atoms. The number of likely N-dealkylation sites (tertiary alicyclic amines) is 1. The number of hydrogen-bond donors (Lipinski definition) is 0. The van der Waals surface area contributed by atoms with E-state index < -0.39 is 0 Å². The number of rotatable bonds is 2. The molecule has 1 aliphatic rings. The molecule has 1 aliphatic heterocycles. The van der Waals surface area contributed by atoms with Crippen molar-refractivity contribution in [2.75, 3.05) is 13.1 Å². The molecule has 2 aromatic rings. The highest BCUT2D eigenvalue weighted by Gasteiger charge is 2.18. The highest BCUT2D eigenvalue weighted by Crippen LogP contribution is 2.16. The van der Waals surface area contributed by atoms with Crippen LogP contribution >= 0.6 is 0 Å². The van der Waals surface area contributed by atoms with Crippen molar-refractivity contribution in [3.05, 3.63) is 48.3 Å². The van der Waals surface area contributed by atoms with Gasteiger partial charge in [-0.25, -0.2) is 0 Å². The van der Waals surface area contributed by atoms with Gasteiger partial charge in [-0.3, -0.25) is 14.8 Å². The van der Waals surface area contributed by atoms with Crippen molar-refractivity contribution in [1.82, 2.24) is 14.9 Å². The van der Waals surface area contributed by atoms with Gasteiger partial charge < -0.3 is 4.90 Å². The Morgan fingerprint density at radius 1 is 0.950 bits per heavy atom. The van der Waals surface area contributed by atoms with Crippen molar-refractivity contribution in [3.63, 3.8) is 0 Å². The van der Waals surface area contributed by atoms with Gasteiger partial charge in [-0.1, -0.05) is 6.07 Å². The Morgan fingerprint density at radius 2 is 1.75 bits per heavy atom. The second-order valence-electron chi connectivity index (χ2n) is 5.00. The molecule has 0 unspecified atom stereocenters. The third-order valence-electron chi connectivity index (χ3n) is 3.58. The van der Waals surface area contributed by atoms with Crippen LogP contribution in [0.25, 0.3) is 11.4 Å². The first kappa shape index (κ1) is 12.8. The Bertz CT molecular complexity index is 574. The molecule has 1 saturated heterocycles. The van der Waals surface area contributed by atoms with Crippen LogP contribution in [0.4, 0.5) is 0 Å². The van der Waals surface area contributed by atoms with Crippen LogP contribution in [0.1, 0.15) is 29.6 Å². The molecule has 0 aliphatic carbocycles. The topological polar surface area (TPSA) is 46.1 Å². The van der Waals surface area contributed by atoms with Crippen molar-refractivity contribution < 1.29 is 4.79 Å². The number of pyridine rings is 2. The summed E-state index contributed by atoms with van der Waals surface area (Å²) in [4.78, 5) is 22.8. The smallest absolute Gasteiger partial charge is 0.255 e. The van der Waals surface area contributed by atoms with Crippen LogP contribution in [0.3, 0.4) is 0 Å². The Labute approximate surface area is 118 Å². The van der Waals surface area contributed by atoms with Gasteiger partial charge in [-0.05, 0) is 43.5 Å². The minimum absolute atomic E-state index is 0.0878. The van der Waals surface area contributed by atoms with E-state index >= 15 is 0 Å². The lowest BCUT2D eigenvalue weighted by atomic mass is 10.1.